The van der Waals surface area contributed by atoms with E-state index in [0.29, 0.717) is 0 Å². The summed E-state index contributed by atoms with van der Waals surface area (Å²) in [7, 11) is 0. The molecule has 0 aliphatic carbocycles. The minimum atomic E-state index is 0.287. The first-order valence-corrected chi connectivity index (χ1v) is 13.9. The van der Waals surface area contributed by atoms with Crippen LogP contribution in [0.25, 0.3) is 44.5 Å². The van der Waals surface area contributed by atoms with Gasteiger partial charge in [0.05, 0.1) is 0 Å². The quantitative estimate of drug-likeness (QED) is 0.224. The Hall–Kier alpha value is -4.88. The molecule has 0 aliphatic heterocycles. The summed E-state index contributed by atoms with van der Waals surface area (Å²) in [5.74, 6) is 0.287. The standard InChI is InChI=1S/C39H32O/c1-28-5-2-6-34(25-28)38-10-4-9-37(27-38)32-19-15-30(16-20-32)12-11-29-13-17-31(18-14-29)35-7-3-8-36(26-35)33-21-23-39(40)24-22-33/h2-10,13-27,40H,11-12H2,1H3. The summed E-state index contributed by atoms with van der Waals surface area (Å²) in [6.45, 7) is 2.14. The molecule has 0 atom stereocenters. The number of aromatic hydroxyl groups is 1. The van der Waals surface area contributed by atoms with Gasteiger partial charge in [-0.15, -0.1) is 0 Å². The lowest BCUT2D eigenvalue weighted by Crippen LogP contribution is -1.92. The van der Waals surface area contributed by atoms with Crippen LogP contribution in [-0.2, 0) is 12.8 Å². The molecule has 1 heteroatoms. The van der Waals surface area contributed by atoms with E-state index in [4.69, 9.17) is 0 Å². The fraction of sp³-hybridized carbons (Fsp3) is 0.0769. The monoisotopic (exact) mass is 516 g/mol. The van der Waals surface area contributed by atoms with E-state index in [0.717, 1.165) is 24.0 Å². The third-order valence-corrected chi connectivity index (χ3v) is 7.55. The van der Waals surface area contributed by atoms with Crippen molar-refractivity contribution in [2.45, 2.75) is 19.8 Å². The zero-order valence-electron chi connectivity index (χ0n) is 22.7. The van der Waals surface area contributed by atoms with Gasteiger partial charge in [-0.3, -0.25) is 0 Å². The average Bonchev–Trinajstić information content (AvgIpc) is 3.01. The predicted octanol–water partition coefficient (Wildman–Crippen LogP) is 10.2. The summed E-state index contributed by atoms with van der Waals surface area (Å²) in [6, 6.07) is 51.3. The van der Waals surface area contributed by atoms with E-state index in [2.05, 4.69) is 128 Å². The highest BCUT2D eigenvalue weighted by Crippen LogP contribution is 2.29. The van der Waals surface area contributed by atoms with Crippen molar-refractivity contribution in [3.8, 4) is 50.3 Å². The Bertz CT molecular complexity index is 1730. The van der Waals surface area contributed by atoms with Crippen molar-refractivity contribution in [3.05, 3.63) is 162 Å². The van der Waals surface area contributed by atoms with Crippen molar-refractivity contribution in [1.29, 1.82) is 0 Å². The molecule has 6 rings (SSSR count). The zero-order valence-corrected chi connectivity index (χ0v) is 22.7. The average molecular weight is 517 g/mol. The second-order valence-electron chi connectivity index (χ2n) is 10.5. The first-order chi connectivity index (χ1) is 19.6. The van der Waals surface area contributed by atoms with Crippen molar-refractivity contribution < 1.29 is 5.11 Å². The summed E-state index contributed by atoms with van der Waals surface area (Å²) < 4.78 is 0. The number of aryl methyl sites for hydroxylation is 3. The van der Waals surface area contributed by atoms with Crippen LogP contribution in [0.15, 0.2) is 146 Å². The van der Waals surface area contributed by atoms with Crippen molar-refractivity contribution >= 4 is 0 Å². The lowest BCUT2D eigenvalue weighted by atomic mass is 9.96. The second-order valence-corrected chi connectivity index (χ2v) is 10.5. The van der Waals surface area contributed by atoms with Gasteiger partial charge in [0.1, 0.15) is 5.75 Å². The molecule has 0 heterocycles. The Labute approximate surface area is 237 Å². The Balaban J connectivity index is 1.10. The van der Waals surface area contributed by atoms with E-state index in [-0.39, 0.29) is 5.75 Å². The summed E-state index contributed by atoms with van der Waals surface area (Å²) >= 11 is 0. The van der Waals surface area contributed by atoms with E-state index < -0.39 is 0 Å². The maximum Gasteiger partial charge on any atom is 0.115 e. The first kappa shape index (κ1) is 25.4. The van der Waals surface area contributed by atoms with Gasteiger partial charge in [-0.25, -0.2) is 0 Å². The van der Waals surface area contributed by atoms with E-state index in [1.54, 1.807) is 12.1 Å². The maximum atomic E-state index is 9.59. The molecule has 0 fully saturated rings. The molecular weight excluding hydrogens is 484 g/mol. The summed E-state index contributed by atoms with van der Waals surface area (Å²) in [6.07, 6.45) is 2.02. The highest BCUT2D eigenvalue weighted by Gasteiger charge is 2.05. The number of benzene rings is 6. The van der Waals surface area contributed by atoms with Crippen LogP contribution in [0.1, 0.15) is 16.7 Å². The van der Waals surface area contributed by atoms with Crippen LogP contribution in [0.2, 0.25) is 0 Å². The number of hydrogen-bond donors (Lipinski definition) is 1. The Kier molecular flexibility index (Phi) is 7.28. The van der Waals surface area contributed by atoms with Gasteiger partial charge < -0.3 is 5.11 Å². The van der Waals surface area contributed by atoms with Crippen LogP contribution in [0.5, 0.6) is 5.75 Å². The zero-order chi connectivity index (χ0) is 27.3. The molecule has 0 saturated heterocycles. The molecule has 194 valence electrons. The second kappa shape index (κ2) is 11.5. The van der Waals surface area contributed by atoms with Gasteiger partial charge in [0, 0.05) is 0 Å². The molecule has 0 radical (unpaired) electrons. The molecule has 40 heavy (non-hydrogen) atoms. The predicted molar refractivity (Wildman–Crippen MR) is 168 cm³/mol. The highest BCUT2D eigenvalue weighted by molar-refractivity contribution is 5.74. The van der Waals surface area contributed by atoms with E-state index in [1.807, 2.05) is 12.1 Å². The molecule has 0 aromatic heterocycles. The third-order valence-electron chi connectivity index (χ3n) is 7.55. The van der Waals surface area contributed by atoms with Crippen LogP contribution in [0, 0.1) is 6.92 Å². The summed E-state index contributed by atoms with van der Waals surface area (Å²) in [5.41, 5.74) is 13.6. The van der Waals surface area contributed by atoms with Crippen LogP contribution >= 0.6 is 0 Å². The lowest BCUT2D eigenvalue weighted by Gasteiger charge is -2.09. The van der Waals surface area contributed by atoms with Gasteiger partial charge in [-0.1, -0.05) is 127 Å². The number of hydrogen-bond acceptors (Lipinski definition) is 1. The normalized spacial score (nSPS) is 10.9. The van der Waals surface area contributed by atoms with Crippen LogP contribution in [0.3, 0.4) is 0 Å². The van der Waals surface area contributed by atoms with Crippen molar-refractivity contribution in [3.63, 3.8) is 0 Å². The highest BCUT2D eigenvalue weighted by atomic mass is 16.3. The molecule has 1 N–H and O–H groups in total. The Morgan fingerprint density at radius 3 is 1.15 bits per heavy atom. The molecular formula is C39H32O. The van der Waals surface area contributed by atoms with Gasteiger partial charge in [-0.2, -0.15) is 0 Å². The fourth-order valence-electron chi connectivity index (χ4n) is 5.25. The van der Waals surface area contributed by atoms with Crippen LogP contribution in [-0.4, -0.2) is 5.11 Å². The van der Waals surface area contributed by atoms with Gasteiger partial charge in [0.2, 0.25) is 0 Å². The van der Waals surface area contributed by atoms with Gasteiger partial charge in [0.25, 0.3) is 0 Å². The Morgan fingerprint density at radius 1 is 0.375 bits per heavy atom. The third kappa shape index (κ3) is 5.90. The van der Waals surface area contributed by atoms with Crippen LogP contribution < -0.4 is 0 Å². The van der Waals surface area contributed by atoms with Gasteiger partial charge in [-0.05, 0) is 99.7 Å². The molecule has 6 aromatic carbocycles. The molecule has 0 spiro atoms. The molecule has 0 saturated carbocycles. The Morgan fingerprint density at radius 2 is 0.725 bits per heavy atom. The molecule has 0 aliphatic rings. The summed E-state index contributed by atoms with van der Waals surface area (Å²) in [5, 5.41) is 9.59. The summed E-state index contributed by atoms with van der Waals surface area (Å²) in [4.78, 5) is 0. The molecule has 0 bridgehead atoms. The van der Waals surface area contributed by atoms with Crippen molar-refractivity contribution in [2.24, 2.45) is 0 Å². The van der Waals surface area contributed by atoms with E-state index >= 15 is 0 Å². The van der Waals surface area contributed by atoms with Gasteiger partial charge in [0.15, 0.2) is 0 Å². The van der Waals surface area contributed by atoms with E-state index in [1.165, 1.54) is 50.1 Å². The minimum absolute atomic E-state index is 0.287. The molecule has 6 aromatic rings. The number of phenols is 1. The minimum Gasteiger partial charge on any atom is -0.508 e. The van der Waals surface area contributed by atoms with Crippen molar-refractivity contribution in [1.82, 2.24) is 0 Å². The number of phenolic OH excluding ortho intramolecular Hbond substituents is 1. The lowest BCUT2D eigenvalue weighted by molar-refractivity contribution is 0.475. The fourth-order valence-corrected chi connectivity index (χ4v) is 5.25. The molecule has 0 amide bonds. The number of rotatable bonds is 7. The van der Waals surface area contributed by atoms with Crippen LogP contribution in [0.4, 0.5) is 0 Å². The van der Waals surface area contributed by atoms with E-state index in [9.17, 15) is 5.11 Å². The van der Waals surface area contributed by atoms with Crippen molar-refractivity contribution in [2.75, 3.05) is 0 Å². The SMILES string of the molecule is Cc1cccc(-c2cccc(-c3ccc(CCc4ccc(-c5cccc(-c6ccc(O)cc6)c5)cc4)cc3)c2)c1. The molecule has 0 unspecified atom stereocenters. The molecule has 1 nitrogen and oxygen atoms in total. The first-order valence-electron chi connectivity index (χ1n) is 13.9. The van der Waals surface area contributed by atoms with Gasteiger partial charge >= 0.3 is 0 Å². The topological polar surface area (TPSA) is 20.2 Å². The smallest absolute Gasteiger partial charge is 0.115 e. The maximum absolute atomic E-state index is 9.59. The largest absolute Gasteiger partial charge is 0.508 e.